The van der Waals surface area contributed by atoms with E-state index in [9.17, 15) is 0 Å². The van der Waals surface area contributed by atoms with Gasteiger partial charge in [-0.1, -0.05) is 25.7 Å². The van der Waals surface area contributed by atoms with Crippen molar-refractivity contribution in [1.29, 1.82) is 0 Å². The number of aliphatic hydroxyl groups excluding tert-OH is 1. The van der Waals surface area contributed by atoms with Crippen molar-refractivity contribution in [2.24, 2.45) is 11.8 Å². The molecule has 0 amide bonds. The van der Waals surface area contributed by atoms with Crippen molar-refractivity contribution in [2.45, 2.75) is 39.2 Å². The van der Waals surface area contributed by atoms with Crippen molar-refractivity contribution >= 4 is 0 Å². The maximum Gasteiger partial charge on any atom is 0.119 e. The zero-order valence-electron chi connectivity index (χ0n) is 11.7. The van der Waals surface area contributed by atoms with E-state index in [1.165, 1.54) is 6.42 Å². The molecular weight excluding hydrogens is 236 g/mol. The summed E-state index contributed by atoms with van der Waals surface area (Å²) in [6.45, 7) is 4.51. The lowest BCUT2D eigenvalue weighted by atomic mass is 9.82. The van der Waals surface area contributed by atoms with Crippen LogP contribution < -0.4 is 4.74 Å². The van der Waals surface area contributed by atoms with E-state index in [-0.39, 0.29) is 6.61 Å². The third kappa shape index (κ3) is 4.29. The van der Waals surface area contributed by atoms with Crippen molar-refractivity contribution in [1.82, 2.24) is 0 Å². The van der Waals surface area contributed by atoms with E-state index in [4.69, 9.17) is 9.84 Å². The van der Waals surface area contributed by atoms with Gasteiger partial charge in [0.15, 0.2) is 0 Å². The predicted molar refractivity (Wildman–Crippen MR) is 77.0 cm³/mol. The Morgan fingerprint density at radius 2 is 1.74 bits per heavy atom. The molecule has 0 heterocycles. The predicted octanol–water partition coefficient (Wildman–Crippen LogP) is 3.23. The Hall–Kier alpha value is -1.46. The van der Waals surface area contributed by atoms with Gasteiger partial charge in [-0.05, 0) is 55.4 Å². The summed E-state index contributed by atoms with van der Waals surface area (Å²) in [7, 11) is 0. The van der Waals surface area contributed by atoms with Gasteiger partial charge in [-0.3, -0.25) is 0 Å². The first kappa shape index (κ1) is 14.0. The van der Waals surface area contributed by atoms with E-state index in [0.717, 1.165) is 36.0 Å². The lowest BCUT2D eigenvalue weighted by molar-refractivity contribution is 0.101. The molecule has 0 radical (unpaired) electrons. The lowest BCUT2D eigenvalue weighted by Crippen LogP contribution is -2.28. The Kier molecular flexibility index (Phi) is 4.87. The molecule has 2 nitrogen and oxygen atoms in total. The zero-order valence-corrected chi connectivity index (χ0v) is 11.7. The van der Waals surface area contributed by atoms with Crippen LogP contribution in [-0.4, -0.2) is 17.8 Å². The van der Waals surface area contributed by atoms with Crippen molar-refractivity contribution in [3.63, 3.8) is 0 Å². The van der Waals surface area contributed by atoms with Crippen LogP contribution >= 0.6 is 0 Å². The normalized spacial score (nSPS) is 26.4. The molecule has 1 aliphatic carbocycles. The topological polar surface area (TPSA) is 29.5 Å². The van der Waals surface area contributed by atoms with E-state index in [1.807, 2.05) is 24.3 Å². The summed E-state index contributed by atoms with van der Waals surface area (Å²) in [6.07, 6.45) is 3.95. The van der Waals surface area contributed by atoms with Gasteiger partial charge in [-0.2, -0.15) is 0 Å². The zero-order chi connectivity index (χ0) is 13.7. The Morgan fingerprint density at radius 3 is 2.32 bits per heavy atom. The molecule has 2 rings (SSSR count). The van der Waals surface area contributed by atoms with Crippen LogP contribution in [0.25, 0.3) is 0 Å². The van der Waals surface area contributed by atoms with Crippen molar-refractivity contribution in [3.05, 3.63) is 29.8 Å². The molecule has 0 aromatic heterocycles. The maximum atomic E-state index is 8.65. The van der Waals surface area contributed by atoms with Gasteiger partial charge < -0.3 is 9.84 Å². The van der Waals surface area contributed by atoms with E-state index >= 15 is 0 Å². The quantitative estimate of drug-likeness (QED) is 0.825. The monoisotopic (exact) mass is 258 g/mol. The van der Waals surface area contributed by atoms with E-state index < -0.39 is 0 Å². The number of hydrogen-bond donors (Lipinski definition) is 1. The number of ether oxygens (including phenoxy) is 1. The number of rotatable bonds is 2. The Morgan fingerprint density at radius 1 is 1.11 bits per heavy atom. The minimum Gasteiger partial charge on any atom is -0.490 e. The summed E-state index contributed by atoms with van der Waals surface area (Å²) in [4.78, 5) is 0. The minimum absolute atomic E-state index is 0.101. The van der Waals surface area contributed by atoms with Crippen LogP contribution in [0.15, 0.2) is 24.3 Å². The third-order valence-electron chi connectivity index (χ3n) is 3.60. The molecule has 1 fully saturated rings. The molecule has 1 saturated carbocycles. The molecule has 0 saturated heterocycles. The van der Waals surface area contributed by atoms with Gasteiger partial charge in [0, 0.05) is 5.56 Å². The van der Waals surface area contributed by atoms with Crippen LogP contribution in [0.5, 0.6) is 5.75 Å². The summed E-state index contributed by atoms with van der Waals surface area (Å²) < 4.78 is 6.06. The van der Waals surface area contributed by atoms with Crippen LogP contribution in [0.2, 0.25) is 0 Å². The molecule has 19 heavy (non-hydrogen) atoms. The first-order chi connectivity index (χ1) is 9.17. The van der Waals surface area contributed by atoms with E-state index in [2.05, 4.69) is 25.7 Å². The van der Waals surface area contributed by atoms with Crippen molar-refractivity contribution in [3.8, 4) is 17.6 Å². The molecule has 1 aromatic carbocycles. The molecule has 102 valence electrons. The standard InChI is InChI=1S/C17H22O2/c1-13-10-14(2)12-17(11-13)19-16-7-5-15(6-8-16)4-3-9-18/h5-8,13-14,17-18H,9-12H2,1-2H3. The lowest BCUT2D eigenvalue weighted by Gasteiger charge is -2.31. The van der Waals surface area contributed by atoms with Crippen LogP contribution in [0, 0.1) is 23.7 Å². The Labute approximate surface area is 115 Å². The van der Waals surface area contributed by atoms with Crippen molar-refractivity contribution < 1.29 is 9.84 Å². The summed E-state index contributed by atoms with van der Waals surface area (Å²) in [5, 5.41) is 8.65. The van der Waals surface area contributed by atoms with Crippen molar-refractivity contribution in [2.75, 3.05) is 6.61 Å². The molecular formula is C17H22O2. The van der Waals surface area contributed by atoms with E-state index in [1.54, 1.807) is 0 Å². The second-order valence-electron chi connectivity index (χ2n) is 5.64. The highest BCUT2D eigenvalue weighted by Crippen LogP contribution is 2.31. The number of benzene rings is 1. The molecule has 2 atom stereocenters. The molecule has 0 bridgehead atoms. The van der Waals surface area contributed by atoms with Gasteiger partial charge >= 0.3 is 0 Å². The third-order valence-corrected chi connectivity index (χ3v) is 3.60. The van der Waals surface area contributed by atoms with Gasteiger partial charge in [0.2, 0.25) is 0 Å². The average Bonchev–Trinajstić information content (AvgIpc) is 2.37. The fourth-order valence-corrected chi connectivity index (χ4v) is 2.92. The smallest absolute Gasteiger partial charge is 0.119 e. The SMILES string of the molecule is CC1CC(C)CC(Oc2ccc(C#CCO)cc2)C1. The molecule has 2 unspecified atom stereocenters. The summed E-state index contributed by atoms with van der Waals surface area (Å²) in [5.74, 6) is 7.95. The summed E-state index contributed by atoms with van der Waals surface area (Å²) in [6, 6.07) is 7.80. The number of aliphatic hydroxyl groups is 1. The minimum atomic E-state index is -0.101. The van der Waals surface area contributed by atoms with Crippen LogP contribution in [0.1, 0.15) is 38.7 Å². The molecule has 0 spiro atoms. The van der Waals surface area contributed by atoms with Gasteiger partial charge in [0.1, 0.15) is 12.4 Å². The highest BCUT2D eigenvalue weighted by atomic mass is 16.5. The van der Waals surface area contributed by atoms with E-state index in [0.29, 0.717) is 6.10 Å². The second-order valence-corrected chi connectivity index (χ2v) is 5.64. The summed E-state index contributed by atoms with van der Waals surface area (Å²) in [5.41, 5.74) is 0.909. The Balaban J connectivity index is 1.95. The van der Waals surface area contributed by atoms with Gasteiger partial charge in [-0.15, -0.1) is 0 Å². The van der Waals surface area contributed by atoms with Gasteiger partial charge in [-0.25, -0.2) is 0 Å². The second kappa shape index (κ2) is 6.63. The largest absolute Gasteiger partial charge is 0.490 e. The average molecular weight is 258 g/mol. The fraction of sp³-hybridized carbons (Fsp3) is 0.529. The Bertz CT molecular complexity index is 442. The fourth-order valence-electron chi connectivity index (χ4n) is 2.92. The number of hydrogen-bond acceptors (Lipinski definition) is 2. The van der Waals surface area contributed by atoms with Crippen LogP contribution in [0.3, 0.4) is 0 Å². The van der Waals surface area contributed by atoms with Gasteiger partial charge in [0.05, 0.1) is 6.10 Å². The molecule has 1 N–H and O–H groups in total. The maximum absolute atomic E-state index is 8.65. The molecule has 0 aliphatic heterocycles. The van der Waals surface area contributed by atoms with Gasteiger partial charge in [0.25, 0.3) is 0 Å². The highest BCUT2D eigenvalue weighted by molar-refractivity contribution is 5.38. The molecule has 1 aromatic rings. The van der Waals surface area contributed by atoms with Crippen LogP contribution in [-0.2, 0) is 0 Å². The first-order valence-electron chi connectivity index (χ1n) is 7.04. The van der Waals surface area contributed by atoms with Crippen LogP contribution in [0.4, 0.5) is 0 Å². The molecule has 2 heteroatoms. The molecule has 1 aliphatic rings. The first-order valence-corrected chi connectivity index (χ1v) is 7.04. The summed E-state index contributed by atoms with van der Waals surface area (Å²) >= 11 is 0. The highest BCUT2D eigenvalue weighted by Gasteiger charge is 2.25.